The van der Waals surface area contributed by atoms with Crippen molar-refractivity contribution in [2.75, 3.05) is 0 Å². The average molecular weight is 399 g/mol. The molecule has 0 aliphatic rings. The minimum atomic E-state index is -1.09. The lowest BCUT2D eigenvalue weighted by atomic mass is 10.0. The van der Waals surface area contributed by atoms with Crippen LogP contribution in [0.3, 0.4) is 0 Å². The Hall–Kier alpha value is -3.09. The Balaban J connectivity index is 1.97. The van der Waals surface area contributed by atoms with Crippen molar-refractivity contribution in [3.8, 4) is 0 Å². The lowest BCUT2D eigenvalue weighted by molar-refractivity contribution is -0.142. The van der Waals surface area contributed by atoms with E-state index in [2.05, 4.69) is 5.32 Å². The van der Waals surface area contributed by atoms with E-state index in [4.69, 9.17) is 8.83 Å². The molecule has 0 bridgehead atoms. The minimum Gasteiger partial charge on any atom is -0.480 e. The number of hydrogen-bond acceptors (Lipinski definition) is 5. The molecule has 1 aromatic carbocycles. The van der Waals surface area contributed by atoms with E-state index in [1.54, 1.807) is 13.0 Å². The molecule has 2 N–H and O–H groups in total. The molecule has 0 spiro atoms. The number of carbonyl (C=O) groups excluding carboxylic acids is 1. The van der Waals surface area contributed by atoms with Crippen molar-refractivity contribution in [3.05, 3.63) is 45.0 Å². The largest absolute Gasteiger partial charge is 0.480 e. The number of benzene rings is 1. The molecular weight excluding hydrogens is 374 g/mol. The first-order chi connectivity index (χ1) is 13.6. The number of rotatable bonds is 6. The maximum Gasteiger partial charge on any atom is 0.340 e. The van der Waals surface area contributed by atoms with Gasteiger partial charge in [-0.15, -0.1) is 0 Å². The Morgan fingerprint density at radius 3 is 2.28 bits per heavy atom. The van der Waals surface area contributed by atoms with Crippen molar-refractivity contribution in [1.29, 1.82) is 0 Å². The van der Waals surface area contributed by atoms with Crippen LogP contribution in [0.1, 0.15) is 42.7 Å². The Labute approximate surface area is 167 Å². The monoisotopic (exact) mass is 399 g/mol. The molecule has 7 nitrogen and oxygen atoms in total. The SMILES string of the molecule is Cc1oc2cc3oc(=O)c(CC(=O)N[C@H](CC(C)C)C(=O)O)c(C)c3cc2c1C. The molecule has 154 valence electrons. The maximum absolute atomic E-state index is 12.5. The van der Waals surface area contributed by atoms with E-state index in [9.17, 15) is 19.5 Å². The van der Waals surface area contributed by atoms with Crippen LogP contribution in [0, 0.1) is 26.7 Å². The summed E-state index contributed by atoms with van der Waals surface area (Å²) in [7, 11) is 0. The molecule has 0 fully saturated rings. The van der Waals surface area contributed by atoms with Gasteiger partial charge in [0.25, 0.3) is 0 Å². The predicted molar refractivity (Wildman–Crippen MR) is 109 cm³/mol. The molecule has 7 heteroatoms. The minimum absolute atomic E-state index is 0.105. The molecule has 29 heavy (non-hydrogen) atoms. The van der Waals surface area contributed by atoms with Crippen LogP contribution < -0.4 is 10.9 Å². The van der Waals surface area contributed by atoms with Crippen LogP contribution in [0.15, 0.2) is 25.8 Å². The Kier molecular flexibility index (Phi) is 5.50. The van der Waals surface area contributed by atoms with Crippen LogP contribution in [-0.4, -0.2) is 23.0 Å². The van der Waals surface area contributed by atoms with Crippen molar-refractivity contribution >= 4 is 33.8 Å². The number of aryl methyl sites for hydroxylation is 3. The summed E-state index contributed by atoms with van der Waals surface area (Å²) in [5.74, 6) is -0.723. The number of hydrogen-bond donors (Lipinski definition) is 2. The summed E-state index contributed by atoms with van der Waals surface area (Å²) in [6.45, 7) is 9.35. The van der Waals surface area contributed by atoms with Gasteiger partial charge in [-0.2, -0.15) is 0 Å². The Morgan fingerprint density at radius 2 is 1.66 bits per heavy atom. The van der Waals surface area contributed by atoms with Crippen molar-refractivity contribution in [1.82, 2.24) is 5.32 Å². The van der Waals surface area contributed by atoms with E-state index >= 15 is 0 Å². The highest BCUT2D eigenvalue weighted by molar-refractivity contribution is 5.97. The second kappa shape index (κ2) is 7.73. The van der Waals surface area contributed by atoms with Gasteiger partial charge in [0.15, 0.2) is 0 Å². The molecule has 0 radical (unpaired) electrons. The summed E-state index contributed by atoms with van der Waals surface area (Å²) in [6.07, 6.45) is 0.0664. The van der Waals surface area contributed by atoms with E-state index in [1.165, 1.54) is 0 Å². The van der Waals surface area contributed by atoms with Crippen LogP contribution >= 0.6 is 0 Å². The zero-order valence-corrected chi connectivity index (χ0v) is 17.2. The van der Waals surface area contributed by atoms with E-state index in [0.29, 0.717) is 23.2 Å². The Bertz CT molecular complexity index is 1170. The highest BCUT2D eigenvalue weighted by Gasteiger charge is 2.23. The number of carboxylic acid groups (broad SMARTS) is 1. The zero-order valence-electron chi connectivity index (χ0n) is 17.2. The molecule has 1 amide bonds. The van der Waals surface area contributed by atoms with Crippen LogP contribution in [0.4, 0.5) is 0 Å². The number of fused-ring (bicyclic) bond motifs is 2. The summed E-state index contributed by atoms with van der Waals surface area (Å²) in [5, 5.41) is 13.5. The first-order valence-corrected chi connectivity index (χ1v) is 9.56. The maximum atomic E-state index is 12.5. The number of carbonyl (C=O) groups is 2. The molecular formula is C22H25NO6. The Morgan fingerprint density at radius 1 is 1.03 bits per heavy atom. The van der Waals surface area contributed by atoms with E-state index in [-0.39, 0.29) is 17.9 Å². The summed E-state index contributed by atoms with van der Waals surface area (Å²) >= 11 is 0. The molecule has 0 saturated heterocycles. The summed E-state index contributed by atoms with van der Waals surface area (Å²) in [6, 6.07) is 2.59. The van der Waals surface area contributed by atoms with Crippen molar-refractivity contribution in [2.45, 2.75) is 53.5 Å². The van der Waals surface area contributed by atoms with E-state index < -0.39 is 23.5 Å². The first kappa shape index (κ1) is 20.6. The number of aliphatic carboxylic acids is 1. The highest BCUT2D eigenvalue weighted by Crippen LogP contribution is 2.31. The first-order valence-electron chi connectivity index (χ1n) is 9.56. The van der Waals surface area contributed by atoms with Gasteiger partial charge in [-0.1, -0.05) is 13.8 Å². The predicted octanol–water partition coefficient (Wildman–Crippen LogP) is 3.62. The molecule has 0 aliphatic carbocycles. The van der Waals surface area contributed by atoms with Gasteiger partial charge >= 0.3 is 11.6 Å². The lowest BCUT2D eigenvalue weighted by Crippen LogP contribution is -2.42. The van der Waals surface area contributed by atoms with Crippen LogP contribution in [-0.2, 0) is 16.0 Å². The van der Waals surface area contributed by atoms with Gasteiger partial charge in [0.05, 0.1) is 12.0 Å². The molecule has 2 heterocycles. The van der Waals surface area contributed by atoms with Crippen molar-refractivity contribution in [3.63, 3.8) is 0 Å². The highest BCUT2D eigenvalue weighted by atomic mass is 16.4. The molecule has 1 atom stereocenters. The third kappa shape index (κ3) is 4.04. The van der Waals surface area contributed by atoms with Crippen molar-refractivity contribution in [2.24, 2.45) is 5.92 Å². The fraction of sp³-hybridized carbons (Fsp3) is 0.409. The lowest BCUT2D eigenvalue weighted by Gasteiger charge is -2.16. The van der Waals surface area contributed by atoms with Crippen molar-refractivity contribution < 1.29 is 23.5 Å². The fourth-order valence-electron chi connectivity index (χ4n) is 3.53. The van der Waals surface area contributed by atoms with Crippen LogP contribution in [0.5, 0.6) is 0 Å². The standard InChI is InChI=1S/C22H25NO6/c1-10(2)6-17(21(25)26)23-20(24)8-16-12(4)15-7-14-11(3)13(5)28-18(14)9-19(15)29-22(16)27/h7,9-10,17H,6,8H2,1-5H3,(H,23,24)(H,25,26)/t17-/m1/s1. The van der Waals surface area contributed by atoms with Gasteiger partial charge in [-0.3, -0.25) is 4.79 Å². The number of furan rings is 1. The van der Waals surface area contributed by atoms with Gasteiger partial charge in [-0.25, -0.2) is 9.59 Å². The molecule has 0 saturated carbocycles. The van der Waals surface area contributed by atoms with Gasteiger partial charge in [0.2, 0.25) is 5.91 Å². The zero-order chi connectivity index (χ0) is 21.5. The number of amides is 1. The summed E-state index contributed by atoms with van der Waals surface area (Å²) in [5.41, 5.74) is 2.29. The normalized spacial score (nSPS) is 12.6. The van der Waals surface area contributed by atoms with E-state index in [1.807, 2.05) is 33.8 Å². The molecule has 3 rings (SSSR count). The molecule has 3 aromatic rings. The van der Waals surface area contributed by atoms with Gasteiger partial charge in [0.1, 0.15) is 23.0 Å². The topological polar surface area (TPSA) is 110 Å². The second-order valence-corrected chi connectivity index (χ2v) is 7.89. The molecule has 2 aromatic heterocycles. The molecule has 0 unspecified atom stereocenters. The van der Waals surface area contributed by atoms with Gasteiger partial charge in [-0.05, 0) is 50.3 Å². The third-order valence-corrected chi connectivity index (χ3v) is 5.26. The molecule has 0 aliphatic heterocycles. The summed E-state index contributed by atoms with van der Waals surface area (Å²) in [4.78, 5) is 36.3. The number of nitrogens with one attached hydrogen (secondary N) is 1. The fourth-order valence-corrected chi connectivity index (χ4v) is 3.53. The smallest absolute Gasteiger partial charge is 0.340 e. The van der Waals surface area contributed by atoms with Crippen LogP contribution in [0.25, 0.3) is 21.9 Å². The third-order valence-electron chi connectivity index (χ3n) is 5.26. The number of carboxylic acids is 1. The quantitative estimate of drug-likeness (QED) is 0.613. The average Bonchev–Trinajstić information content (AvgIpc) is 2.90. The van der Waals surface area contributed by atoms with Gasteiger partial charge < -0.3 is 19.3 Å². The second-order valence-electron chi connectivity index (χ2n) is 7.89. The van der Waals surface area contributed by atoms with Crippen LogP contribution in [0.2, 0.25) is 0 Å². The summed E-state index contributed by atoms with van der Waals surface area (Å²) < 4.78 is 11.1. The van der Waals surface area contributed by atoms with Gasteiger partial charge in [0, 0.05) is 16.8 Å². The van der Waals surface area contributed by atoms with E-state index in [0.717, 1.165) is 22.1 Å².